The highest BCUT2D eigenvalue weighted by Crippen LogP contribution is 2.34. The molecular weight excluding hydrogens is 275 g/mol. The molecule has 0 aromatic heterocycles. The van der Waals surface area contributed by atoms with Crippen LogP contribution in [0.4, 0.5) is 4.39 Å². The average Bonchev–Trinajstić information content (AvgIpc) is 2.35. The molecule has 1 aromatic rings. The van der Waals surface area contributed by atoms with E-state index in [2.05, 4.69) is 0 Å². The number of methoxy groups -OCH3 is 2. The van der Waals surface area contributed by atoms with Crippen LogP contribution < -0.4 is 9.47 Å². The molecular formula is C12H17FO5S. The third-order valence-electron chi connectivity index (χ3n) is 2.94. The average molecular weight is 292 g/mol. The smallest absolute Gasteiger partial charge is 0.163 e. The number of halogens is 1. The van der Waals surface area contributed by atoms with Gasteiger partial charge >= 0.3 is 0 Å². The van der Waals surface area contributed by atoms with Crippen molar-refractivity contribution < 1.29 is 27.4 Å². The Bertz CT molecular complexity index is 555. The molecule has 0 amide bonds. The lowest BCUT2D eigenvalue weighted by Crippen LogP contribution is -2.25. The third kappa shape index (κ3) is 3.36. The first-order chi connectivity index (χ1) is 8.72. The summed E-state index contributed by atoms with van der Waals surface area (Å²) in [6, 6.07) is 2.28. The van der Waals surface area contributed by atoms with E-state index in [9.17, 15) is 17.9 Å². The predicted molar refractivity (Wildman–Crippen MR) is 68.8 cm³/mol. The quantitative estimate of drug-likeness (QED) is 0.886. The van der Waals surface area contributed by atoms with E-state index >= 15 is 0 Å². The Morgan fingerprint density at radius 1 is 1.21 bits per heavy atom. The highest BCUT2D eigenvalue weighted by atomic mass is 32.2. The van der Waals surface area contributed by atoms with Crippen LogP contribution in [0.5, 0.6) is 11.5 Å². The second kappa shape index (κ2) is 5.75. The van der Waals surface area contributed by atoms with Gasteiger partial charge in [0.05, 0.1) is 25.6 Å². The van der Waals surface area contributed by atoms with E-state index in [4.69, 9.17) is 9.47 Å². The lowest BCUT2D eigenvalue weighted by atomic mass is 10.1. The predicted octanol–water partition coefficient (Wildman–Crippen LogP) is 1.31. The first kappa shape index (κ1) is 15.7. The molecule has 0 saturated heterocycles. The Hall–Kier alpha value is -1.34. The zero-order chi connectivity index (χ0) is 14.8. The van der Waals surface area contributed by atoms with Crippen molar-refractivity contribution in [3.05, 3.63) is 23.5 Å². The number of aliphatic hydroxyl groups excluding tert-OH is 1. The van der Waals surface area contributed by atoms with Gasteiger partial charge in [-0.25, -0.2) is 12.8 Å². The van der Waals surface area contributed by atoms with Crippen molar-refractivity contribution in [1.82, 2.24) is 0 Å². The summed E-state index contributed by atoms with van der Waals surface area (Å²) in [5.41, 5.74) is -0.143. The minimum atomic E-state index is -3.49. The molecule has 0 bridgehead atoms. The number of rotatable bonds is 5. The second-order valence-corrected chi connectivity index (χ2v) is 6.61. The maximum Gasteiger partial charge on any atom is 0.163 e. The van der Waals surface area contributed by atoms with Gasteiger partial charge in [0.25, 0.3) is 0 Å². The van der Waals surface area contributed by atoms with Crippen LogP contribution in [-0.4, -0.2) is 39.2 Å². The molecule has 0 heterocycles. The van der Waals surface area contributed by atoms with Gasteiger partial charge in [0.15, 0.2) is 21.3 Å². The fourth-order valence-corrected chi connectivity index (χ4v) is 2.20. The van der Waals surface area contributed by atoms with E-state index in [1.54, 1.807) is 0 Å². The SMILES string of the molecule is COc1cc(F)c(C(O)C(C)S(C)(=O)=O)cc1OC. The number of hydrogen-bond donors (Lipinski definition) is 1. The van der Waals surface area contributed by atoms with Gasteiger partial charge in [-0.3, -0.25) is 0 Å². The Morgan fingerprint density at radius 3 is 2.11 bits per heavy atom. The summed E-state index contributed by atoms with van der Waals surface area (Å²) in [4.78, 5) is 0. The maximum absolute atomic E-state index is 13.9. The molecule has 2 unspecified atom stereocenters. The van der Waals surface area contributed by atoms with Gasteiger partial charge in [-0.2, -0.15) is 0 Å². The van der Waals surface area contributed by atoms with E-state index in [0.717, 1.165) is 12.3 Å². The van der Waals surface area contributed by atoms with Gasteiger partial charge in [-0.15, -0.1) is 0 Å². The highest BCUT2D eigenvalue weighted by molar-refractivity contribution is 7.91. The first-order valence-electron chi connectivity index (χ1n) is 5.50. The molecule has 0 aliphatic carbocycles. The summed E-state index contributed by atoms with van der Waals surface area (Å²) in [6.45, 7) is 1.32. The molecule has 1 rings (SSSR count). The van der Waals surface area contributed by atoms with Crippen LogP contribution in [0.3, 0.4) is 0 Å². The Kier molecular flexibility index (Phi) is 4.75. The summed E-state index contributed by atoms with van der Waals surface area (Å²) in [6.07, 6.45) is -0.491. The highest BCUT2D eigenvalue weighted by Gasteiger charge is 2.28. The third-order valence-corrected chi connectivity index (χ3v) is 4.55. The Morgan fingerprint density at radius 2 is 1.68 bits per heavy atom. The number of hydrogen-bond acceptors (Lipinski definition) is 5. The molecule has 108 valence electrons. The zero-order valence-electron chi connectivity index (χ0n) is 11.2. The molecule has 0 fully saturated rings. The monoisotopic (exact) mass is 292 g/mol. The van der Waals surface area contributed by atoms with E-state index in [-0.39, 0.29) is 17.1 Å². The molecule has 0 aliphatic rings. The lowest BCUT2D eigenvalue weighted by molar-refractivity contribution is 0.170. The number of ether oxygens (including phenoxy) is 2. The minimum absolute atomic E-state index is 0.143. The minimum Gasteiger partial charge on any atom is -0.493 e. The van der Waals surface area contributed by atoms with Crippen molar-refractivity contribution in [3.63, 3.8) is 0 Å². The molecule has 0 aliphatic heterocycles. The topological polar surface area (TPSA) is 72.8 Å². The van der Waals surface area contributed by atoms with E-state index in [0.29, 0.717) is 0 Å². The molecule has 0 radical (unpaired) electrons. The second-order valence-electron chi connectivity index (χ2n) is 4.21. The molecule has 0 spiro atoms. The van der Waals surface area contributed by atoms with Crippen molar-refractivity contribution >= 4 is 9.84 Å². The lowest BCUT2D eigenvalue weighted by Gasteiger charge is -2.19. The number of sulfone groups is 1. The van der Waals surface area contributed by atoms with Crippen LogP contribution in [0.2, 0.25) is 0 Å². The molecule has 1 aromatic carbocycles. The van der Waals surface area contributed by atoms with Gasteiger partial charge in [-0.05, 0) is 13.0 Å². The van der Waals surface area contributed by atoms with Crippen LogP contribution in [-0.2, 0) is 9.84 Å². The van der Waals surface area contributed by atoms with Crippen LogP contribution in [0, 0.1) is 5.82 Å². The first-order valence-corrected chi connectivity index (χ1v) is 7.46. The summed E-state index contributed by atoms with van der Waals surface area (Å²) in [5, 5.41) is 8.85. The largest absolute Gasteiger partial charge is 0.493 e. The fourth-order valence-electron chi connectivity index (χ4n) is 1.58. The van der Waals surface area contributed by atoms with E-state index in [1.807, 2.05) is 0 Å². The molecule has 1 N–H and O–H groups in total. The molecule has 5 nitrogen and oxygen atoms in total. The van der Waals surface area contributed by atoms with Crippen molar-refractivity contribution in [1.29, 1.82) is 0 Å². The Balaban J connectivity index is 3.28. The van der Waals surface area contributed by atoms with E-state index < -0.39 is 27.0 Å². The van der Waals surface area contributed by atoms with Crippen LogP contribution >= 0.6 is 0 Å². The van der Waals surface area contributed by atoms with Gasteiger partial charge in [0, 0.05) is 17.9 Å². The van der Waals surface area contributed by atoms with Crippen molar-refractivity contribution in [3.8, 4) is 11.5 Å². The molecule has 7 heteroatoms. The maximum atomic E-state index is 13.9. The van der Waals surface area contributed by atoms with Crippen LogP contribution in [0.25, 0.3) is 0 Å². The van der Waals surface area contributed by atoms with Gasteiger partial charge in [0.2, 0.25) is 0 Å². The normalized spacial score (nSPS) is 14.8. The number of aliphatic hydroxyl groups is 1. The van der Waals surface area contributed by atoms with Crippen LogP contribution in [0.1, 0.15) is 18.6 Å². The summed E-state index contributed by atoms with van der Waals surface area (Å²) >= 11 is 0. The Labute approximate surface area is 111 Å². The van der Waals surface area contributed by atoms with Gasteiger partial charge < -0.3 is 14.6 Å². The number of benzene rings is 1. The zero-order valence-corrected chi connectivity index (χ0v) is 12.0. The van der Waals surface area contributed by atoms with E-state index in [1.165, 1.54) is 27.2 Å². The summed E-state index contributed by atoms with van der Waals surface area (Å²) in [7, 11) is -0.770. The molecule has 2 atom stereocenters. The van der Waals surface area contributed by atoms with Gasteiger partial charge in [0.1, 0.15) is 5.82 Å². The van der Waals surface area contributed by atoms with Crippen molar-refractivity contribution in [2.45, 2.75) is 18.3 Å². The van der Waals surface area contributed by atoms with Crippen molar-refractivity contribution in [2.24, 2.45) is 0 Å². The summed E-state index contributed by atoms with van der Waals surface area (Å²) in [5.74, 6) is -0.359. The van der Waals surface area contributed by atoms with Crippen LogP contribution in [0.15, 0.2) is 12.1 Å². The fraction of sp³-hybridized carbons (Fsp3) is 0.500. The van der Waals surface area contributed by atoms with Crippen molar-refractivity contribution in [2.75, 3.05) is 20.5 Å². The summed E-state index contributed by atoms with van der Waals surface area (Å²) < 4.78 is 46.6. The van der Waals surface area contributed by atoms with Gasteiger partial charge in [-0.1, -0.05) is 0 Å². The molecule has 19 heavy (non-hydrogen) atoms. The molecule has 0 saturated carbocycles. The standard InChI is InChI=1S/C12H17FO5S/c1-7(19(4,15)16)12(14)8-5-10(17-2)11(18-3)6-9(8)13/h5-7,12,14H,1-4H3.